The zero-order chi connectivity index (χ0) is 31.3. The van der Waals surface area contributed by atoms with Crippen LogP contribution in [-0.4, -0.2) is 54.4 Å². The van der Waals surface area contributed by atoms with E-state index in [2.05, 4.69) is 31.0 Å². The number of aliphatic hydroxyl groups excluding tert-OH is 1. The van der Waals surface area contributed by atoms with Crippen molar-refractivity contribution in [2.75, 3.05) is 37.9 Å². The number of aldehydes is 1. The minimum Gasteiger partial charge on any atom is -0.508 e. The smallest absolute Gasteiger partial charge is 0.119 e. The second-order valence-electron chi connectivity index (χ2n) is 8.75. The average Bonchev–Trinajstić information content (AvgIpc) is 3.02. The van der Waals surface area contributed by atoms with Gasteiger partial charge in [-0.15, -0.1) is 25.7 Å². The number of nitrogens with one attached hydrogen (secondary N) is 1. The van der Waals surface area contributed by atoms with E-state index < -0.39 is 0 Å². The zero-order valence-electron chi connectivity index (χ0n) is 24.3. The molecule has 1 fully saturated rings. The van der Waals surface area contributed by atoms with E-state index in [-0.39, 0.29) is 18.5 Å². The lowest BCUT2D eigenvalue weighted by Crippen LogP contribution is -2.27. The van der Waals surface area contributed by atoms with E-state index in [1.165, 1.54) is 6.42 Å². The standard InChI is InChI=1S/C15H23N3O2.C7H10N2.C6H12O2.2C2H2/c16-15(13-6-8-14(20)9-7-13)12-18(17)10-4-2-1-3-5-11-19;1-9-7-5-3-2-4-6(7)8;7-5-6-3-1-2-4-8-6;2*1-2/h6-9,11-12,20H,1-5,10,16-17H2;2-5,9H,8H2,1H3;6-7H,1-5H2;2*1-2H/b15-12-;;;;/t;;6-;;/m..0../s1. The van der Waals surface area contributed by atoms with Crippen molar-refractivity contribution >= 4 is 23.4 Å². The molecule has 1 heterocycles. The first-order chi connectivity index (χ1) is 19.9. The molecule has 2 aromatic carbocycles. The number of aliphatic hydroxyl groups is 1. The van der Waals surface area contributed by atoms with Crippen molar-refractivity contribution in [1.29, 1.82) is 0 Å². The monoisotopic (exact) mass is 567 g/mol. The van der Waals surface area contributed by atoms with Gasteiger partial charge < -0.3 is 41.5 Å². The number of hydrogen-bond acceptors (Lipinski definition) is 9. The Morgan fingerprint density at radius 1 is 1.05 bits per heavy atom. The fourth-order valence-electron chi connectivity index (χ4n) is 3.52. The Bertz CT molecular complexity index is 965. The fourth-order valence-corrected chi connectivity index (χ4v) is 3.52. The number of para-hydroxylation sites is 2. The van der Waals surface area contributed by atoms with Crippen molar-refractivity contribution in [2.45, 2.75) is 57.5 Å². The minimum atomic E-state index is 0.142. The minimum absolute atomic E-state index is 0.142. The van der Waals surface area contributed by atoms with Gasteiger partial charge in [0.25, 0.3) is 0 Å². The molecule has 0 bridgehead atoms. The summed E-state index contributed by atoms with van der Waals surface area (Å²) in [5, 5.41) is 22.3. The molecule has 0 unspecified atom stereocenters. The molecule has 1 aliphatic rings. The third kappa shape index (κ3) is 20.4. The molecule has 226 valence electrons. The van der Waals surface area contributed by atoms with Crippen LogP contribution in [0.3, 0.4) is 0 Å². The summed E-state index contributed by atoms with van der Waals surface area (Å²) in [6.07, 6.45) is 26.8. The summed E-state index contributed by atoms with van der Waals surface area (Å²) in [6, 6.07) is 14.3. The molecule has 0 aromatic heterocycles. The van der Waals surface area contributed by atoms with Crippen LogP contribution in [0.4, 0.5) is 11.4 Å². The number of carbonyl (C=O) groups is 1. The number of nitrogen functional groups attached to an aromatic ring is 1. The van der Waals surface area contributed by atoms with E-state index in [9.17, 15) is 9.90 Å². The van der Waals surface area contributed by atoms with Crippen LogP contribution in [0.25, 0.3) is 5.70 Å². The van der Waals surface area contributed by atoms with Crippen LogP contribution in [0.1, 0.15) is 56.9 Å². The van der Waals surface area contributed by atoms with Gasteiger partial charge in [0.15, 0.2) is 0 Å². The van der Waals surface area contributed by atoms with Gasteiger partial charge in [-0.3, -0.25) is 0 Å². The van der Waals surface area contributed by atoms with Gasteiger partial charge in [-0.2, -0.15) is 0 Å². The lowest BCUT2D eigenvalue weighted by atomic mass is 10.1. The molecule has 1 saturated heterocycles. The predicted octanol–water partition coefficient (Wildman–Crippen LogP) is 4.33. The van der Waals surface area contributed by atoms with Crippen LogP contribution < -0.4 is 22.6 Å². The quantitative estimate of drug-likeness (QED) is 0.0580. The number of hydrogen-bond donors (Lipinski definition) is 6. The van der Waals surface area contributed by atoms with E-state index in [0.717, 1.165) is 74.9 Å². The molecule has 9 nitrogen and oxygen atoms in total. The SMILES string of the molecule is C#C.C#C.CNc1ccccc1N.N/C(=C\N(N)CCCCCCC=O)c1ccc(O)cc1.OC[C@@H]1CCCCO1. The van der Waals surface area contributed by atoms with E-state index in [1.54, 1.807) is 35.5 Å². The Balaban J connectivity index is 0. The van der Waals surface area contributed by atoms with Crippen molar-refractivity contribution in [1.82, 2.24) is 5.01 Å². The summed E-state index contributed by atoms with van der Waals surface area (Å²) < 4.78 is 5.18. The van der Waals surface area contributed by atoms with Crippen molar-refractivity contribution < 1.29 is 19.7 Å². The highest BCUT2D eigenvalue weighted by atomic mass is 16.5. The molecule has 9 heteroatoms. The van der Waals surface area contributed by atoms with Crippen LogP contribution in [0.2, 0.25) is 0 Å². The van der Waals surface area contributed by atoms with Crippen molar-refractivity contribution in [3.63, 3.8) is 0 Å². The molecule has 1 atom stereocenters. The summed E-state index contributed by atoms with van der Waals surface area (Å²) in [4.78, 5) is 10.2. The first-order valence-electron chi connectivity index (χ1n) is 13.5. The Morgan fingerprint density at radius 3 is 2.17 bits per heavy atom. The fraction of sp³-hybridized carbons (Fsp3) is 0.406. The second kappa shape index (κ2) is 27.4. The molecule has 0 spiro atoms. The first-order valence-corrected chi connectivity index (χ1v) is 13.5. The van der Waals surface area contributed by atoms with Gasteiger partial charge in [0.05, 0.1) is 29.8 Å². The molecule has 0 saturated carbocycles. The van der Waals surface area contributed by atoms with Crippen LogP contribution in [-0.2, 0) is 9.53 Å². The highest BCUT2D eigenvalue weighted by molar-refractivity contribution is 5.65. The molecule has 0 amide bonds. The lowest BCUT2D eigenvalue weighted by molar-refractivity contribution is -0.107. The Labute approximate surface area is 246 Å². The van der Waals surface area contributed by atoms with Gasteiger partial charge >= 0.3 is 0 Å². The van der Waals surface area contributed by atoms with Gasteiger partial charge in [-0.1, -0.05) is 25.0 Å². The second-order valence-corrected chi connectivity index (χ2v) is 8.75. The third-order valence-electron chi connectivity index (χ3n) is 5.70. The molecule has 0 radical (unpaired) electrons. The maximum Gasteiger partial charge on any atom is 0.119 e. The third-order valence-corrected chi connectivity index (χ3v) is 5.70. The van der Waals surface area contributed by atoms with Gasteiger partial charge in [-0.25, -0.2) is 5.84 Å². The molecule has 9 N–H and O–H groups in total. The highest BCUT2D eigenvalue weighted by Crippen LogP contribution is 2.15. The topological polar surface area (TPSA) is 160 Å². The molecular weight excluding hydrogens is 518 g/mol. The summed E-state index contributed by atoms with van der Waals surface area (Å²) in [6.45, 7) is 1.76. The number of nitrogens with zero attached hydrogens (tertiary/aromatic N) is 1. The van der Waals surface area contributed by atoms with Crippen molar-refractivity contribution in [3.8, 4) is 31.4 Å². The van der Waals surface area contributed by atoms with E-state index in [1.807, 2.05) is 31.3 Å². The van der Waals surface area contributed by atoms with Gasteiger partial charge in [0.2, 0.25) is 0 Å². The Morgan fingerprint density at radius 2 is 1.68 bits per heavy atom. The van der Waals surface area contributed by atoms with Crippen molar-refractivity contribution in [3.05, 3.63) is 60.3 Å². The normalized spacial score (nSPS) is 13.5. The molecule has 3 rings (SSSR count). The van der Waals surface area contributed by atoms with Gasteiger partial charge in [-0.05, 0) is 74.1 Å². The van der Waals surface area contributed by atoms with Gasteiger partial charge in [0, 0.05) is 32.8 Å². The average molecular weight is 568 g/mol. The number of terminal acetylenes is 2. The zero-order valence-corrected chi connectivity index (χ0v) is 24.3. The molecule has 1 aliphatic heterocycles. The Hall–Kier alpha value is -4.15. The number of benzene rings is 2. The highest BCUT2D eigenvalue weighted by Gasteiger charge is 2.10. The van der Waals surface area contributed by atoms with E-state index >= 15 is 0 Å². The number of anilines is 2. The van der Waals surface area contributed by atoms with Crippen LogP contribution in [0, 0.1) is 25.7 Å². The number of phenols is 1. The molecular formula is C32H49N5O4. The van der Waals surface area contributed by atoms with Crippen LogP contribution in [0.5, 0.6) is 5.75 Å². The maximum absolute atomic E-state index is 10.2. The summed E-state index contributed by atoms with van der Waals surface area (Å²) >= 11 is 0. The molecule has 41 heavy (non-hydrogen) atoms. The molecule has 2 aromatic rings. The lowest BCUT2D eigenvalue weighted by Gasteiger charge is -2.19. The van der Waals surface area contributed by atoms with E-state index in [0.29, 0.717) is 12.1 Å². The number of carbonyl (C=O) groups excluding carboxylic acids is 1. The Kier molecular flexibility index (Phi) is 26.1. The predicted molar refractivity (Wildman–Crippen MR) is 171 cm³/mol. The van der Waals surface area contributed by atoms with E-state index in [4.69, 9.17) is 27.2 Å². The number of phenolic OH excluding ortho intramolecular Hbond substituents is 1. The number of rotatable bonds is 11. The largest absolute Gasteiger partial charge is 0.508 e. The summed E-state index contributed by atoms with van der Waals surface area (Å²) in [5.74, 6) is 6.06. The molecule has 0 aliphatic carbocycles. The summed E-state index contributed by atoms with van der Waals surface area (Å²) in [7, 11) is 1.85. The number of hydrazine groups is 1. The number of aromatic hydroxyl groups is 1. The van der Waals surface area contributed by atoms with Crippen LogP contribution in [0.15, 0.2) is 54.7 Å². The first kappa shape index (κ1) is 39.0. The maximum atomic E-state index is 10.2. The summed E-state index contributed by atoms with van der Waals surface area (Å²) in [5.41, 5.74) is 14.7. The number of ether oxygens (including phenoxy) is 1. The number of nitrogens with two attached hydrogens (primary N) is 3. The van der Waals surface area contributed by atoms with Crippen molar-refractivity contribution in [2.24, 2.45) is 11.6 Å². The van der Waals surface area contributed by atoms with Gasteiger partial charge in [0.1, 0.15) is 12.0 Å². The number of unbranched alkanes of at least 4 members (excludes halogenated alkanes) is 4. The van der Waals surface area contributed by atoms with Crippen LogP contribution >= 0.6 is 0 Å².